The summed E-state index contributed by atoms with van der Waals surface area (Å²) in [6.45, 7) is 2.20. The normalized spacial score (nSPS) is 16.2. The molecule has 0 amide bonds. The maximum atomic E-state index is 5.28. The van der Waals surface area contributed by atoms with Crippen molar-refractivity contribution in [1.29, 1.82) is 0 Å². The Bertz CT molecular complexity index is 998. The van der Waals surface area contributed by atoms with E-state index < -0.39 is 0 Å². The number of methoxy groups -OCH3 is 2. The van der Waals surface area contributed by atoms with Crippen molar-refractivity contribution in [3.8, 4) is 22.6 Å². The molecule has 3 aromatic carbocycles. The van der Waals surface area contributed by atoms with E-state index in [1.54, 1.807) is 14.2 Å². The molecule has 1 atom stereocenters. The van der Waals surface area contributed by atoms with E-state index in [0.717, 1.165) is 24.3 Å². The summed E-state index contributed by atoms with van der Waals surface area (Å²) in [7, 11) is 3.42. The molecule has 0 aliphatic heterocycles. The summed E-state index contributed by atoms with van der Waals surface area (Å²) in [6.07, 6.45) is 5.84. The van der Waals surface area contributed by atoms with Crippen LogP contribution in [0.1, 0.15) is 41.9 Å². The fourth-order valence-corrected chi connectivity index (χ4v) is 4.23. The van der Waals surface area contributed by atoms with Gasteiger partial charge in [0.25, 0.3) is 0 Å². The third-order valence-corrected chi connectivity index (χ3v) is 6.00. The summed E-state index contributed by atoms with van der Waals surface area (Å²) < 4.78 is 10.5. The summed E-state index contributed by atoms with van der Waals surface area (Å²) in [5.74, 6) is 2.42. The zero-order chi connectivity index (χ0) is 20.2. The van der Waals surface area contributed by atoms with Gasteiger partial charge in [-0.25, -0.2) is 0 Å². The van der Waals surface area contributed by atoms with Gasteiger partial charge >= 0.3 is 0 Å². The van der Waals surface area contributed by atoms with Gasteiger partial charge in [0.15, 0.2) is 0 Å². The second kappa shape index (κ2) is 8.57. The summed E-state index contributed by atoms with van der Waals surface area (Å²) >= 11 is 0. The van der Waals surface area contributed by atoms with Gasteiger partial charge in [-0.15, -0.1) is 0 Å². The molecular weight excluding hydrogens is 356 g/mol. The van der Waals surface area contributed by atoms with Crippen LogP contribution in [-0.2, 0) is 0 Å². The third kappa shape index (κ3) is 4.22. The first-order valence-corrected chi connectivity index (χ1v) is 10.3. The average Bonchev–Trinajstić information content (AvgIpc) is 2.79. The van der Waals surface area contributed by atoms with E-state index in [1.165, 1.54) is 39.8 Å². The Hall–Kier alpha value is -3.00. The summed E-state index contributed by atoms with van der Waals surface area (Å²) in [6, 6.07) is 23.7. The van der Waals surface area contributed by atoms with Gasteiger partial charge in [0, 0.05) is 0 Å². The van der Waals surface area contributed by atoms with Crippen LogP contribution in [0.25, 0.3) is 16.7 Å². The minimum absolute atomic E-state index is 0.601. The molecule has 29 heavy (non-hydrogen) atoms. The topological polar surface area (TPSA) is 18.5 Å². The quantitative estimate of drug-likeness (QED) is 0.470. The lowest BCUT2D eigenvalue weighted by molar-refractivity contribution is 0.414. The van der Waals surface area contributed by atoms with Crippen molar-refractivity contribution in [2.75, 3.05) is 14.2 Å². The van der Waals surface area contributed by atoms with Crippen molar-refractivity contribution < 1.29 is 9.47 Å². The lowest BCUT2D eigenvalue weighted by Gasteiger charge is -2.23. The molecule has 0 aromatic heterocycles. The fraction of sp³-hybridized carbons (Fsp3) is 0.259. The summed E-state index contributed by atoms with van der Waals surface area (Å²) in [5, 5.41) is 0. The van der Waals surface area contributed by atoms with Crippen LogP contribution in [0.15, 0.2) is 72.8 Å². The van der Waals surface area contributed by atoms with Gasteiger partial charge in [0.1, 0.15) is 11.5 Å². The first kappa shape index (κ1) is 19.3. The van der Waals surface area contributed by atoms with E-state index >= 15 is 0 Å². The molecule has 0 N–H and O–H groups in total. The van der Waals surface area contributed by atoms with Crippen LogP contribution in [0.3, 0.4) is 0 Å². The van der Waals surface area contributed by atoms with Gasteiger partial charge < -0.3 is 9.47 Å². The van der Waals surface area contributed by atoms with Gasteiger partial charge in [-0.1, -0.05) is 48.5 Å². The van der Waals surface area contributed by atoms with Crippen molar-refractivity contribution in [2.24, 2.45) is 0 Å². The molecule has 0 radical (unpaired) electrons. The maximum absolute atomic E-state index is 5.28. The zero-order valence-electron chi connectivity index (χ0n) is 17.4. The highest BCUT2D eigenvalue weighted by atomic mass is 16.5. The number of allylic oxidation sites excluding steroid dienone is 2. The first-order chi connectivity index (χ1) is 14.2. The molecule has 1 unspecified atom stereocenters. The van der Waals surface area contributed by atoms with E-state index in [2.05, 4.69) is 67.6 Å². The SMILES string of the molecule is COc1ccc(-c2ccc(C3=CCC(c4ccc(OC)cc4)CC3)cc2C)cc1. The molecule has 2 heteroatoms. The van der Waals surface area contributed by atoms with Crippen molar-refractivity contribution in [3.05, 3.63) is 89.5 Å². The van der Waals surface area contributed by atoms with E-state index in [0.29, 0.717) is 5.92 Å². The average molecular weight is 385 g/mol. The molecule has 0 bridgehead atoms. The lowest BCUT2D eigenvalue weighted by Crippen LogP contribution is -2.04. The Labute approximate surface area is 173 Å². The number of rotatable bonds is 5. The van der Waals surface area contributed by atoms with E-state index in [1.807, 2.05) is 12.1 Å². The van der Waals surface area contributed by atoms with Crippen LogP contribution in [0.4, 0.5) is 0 Å². The molecule has 1 aliphatic rings. The monoisotopic (exact) mass is 384 g/mol. The van der Waals surface area contributed by atoms with E-state index in [4.69, 9.17) is 9.47 Å². The predicted octanol–water partition coefficient (Wildman–Crippen LogP) is 7.03. The number of benzene rings is 3. The minimum atomic E-state index is 0.601. The summed E-state index contributed by atoms with van der Waals surface area (Å²) in [4.78, 5) is 0. The highest BCUT2D eigenvalue weighted by Gasteiger charge is 2.17. The minimum Gasteiger partial charge on any atom is -0.497 e. The van der Waals surface area contributed by atoms with Gasteiger partial charge in [0.2, 0.25) is 0 Å². The molecule has 0 fully saturated rings. The number of hydrogen-bond acceptors (Lipinski definition) is 2. The number of hydrogen-bond donors (Lipinski definition) is 0. The smallest absolute Gasteiger partial charge is 0.118 e. The van der Waals surface area contributed by atoms with Crippen LogP contribution in [0.5, 0.6) is 11.5 Å². The largest absolute Gasteiger partial charge is 0.497 e. The van der Waals surface area contributed by atoms with Crippen LogP contribution >= 0.6 is 0 Å². The van der Waals surface area contributed by atoms with Crippen LogP contribution in [-0.4, -0.2) is 14.2 Å². The molecule has 2 nitrogen and oxygen atoms in total. The van der Waals surface area contributed by atoms with Gasteiger partial charge in [-0.3, -0.25) is 0 Å². The Morgan fingerprint density at radius 3 is 1.93 bits per heavy atom. The Balaban J connectivity index is 1.50. The van der Waals surface area contributed by atoms with Crippen molar-refractivity contribution in [3.63, 3.8) is 0 Å². The van der Waals surface area contributed by atoms with E-state index in [-0.39, 0.29) is 0 Å². The summed E-state index contributed by atoms with van der Waals surface area (Å²) in [5.41, 5.74) is 8.06. The number of aryl methyl sites for hydroxylation is 1. The highest BCUT2D eigenvalue weighted by Crippen LogP contribution is 2.37. The Morgan fingerprint density at radius 2 is 1.38 bits per heavy atom. The van der Waals surface area contributed by atoms with Gasteiger partial charge in [0.05, 0.1) is 14.2 Å². The van der Waals surface area contributed by atoms with E-state index in [9.17, 15) is 0 Å². The molecule has 4 rings (SSSR count). The van der Waals surface area contributed by atoms with Crippen molar-refractivity contribution in [1.82, 2.24) is 0 Å². The van der Waals surface area contributed by atoms with Crippen LogP contribution < -0.4 is 9.47 Å². The highest BCUT2D eigenvalue weighted by molar-refractivity contribution is 5.74. The van der Waals surface area contributed by atoms with Crippen LogP contribution in [0.2, 0.25) is 0 Å². The fourth-order valence-electron chi connectivity index (χ4n) is 4.23. The van der Waals surface area contributed by atoms with Crippen LogP contribution in [0, 0.1) is 6.92 Å². The predicted molar refractivity (Wildman–Crippen MR) is 121 cm³/mol. The maximum Gasteiger partial charge on any atom is 0.118 e. The zero-order valence-corrected chi connectivity index (χ0v) is 17.4. The number of ether oxygens (including phenoxy) is 2. The lowest BCUT2D eigenvalue weighted by atomic mass is 9.82. The molecule has 3 aromatic rings. The van der Waals surface area contributed by atoms with Gasteiger partial charge in [-0.05, 0) is 89.8 Å². The van der Waals surface area contributed by atoms with Gasteiger partial charge in [-0.2, -0.15) is 0 Å². The molecule has 0 saturated heterocycles. The molecule has 148 valence electrons. The third-order valence-electron chi connectivity index (χ3n) is 6.00. The molecule has 0 spiro atoms. The standard InChI is InChI=1S/C27H28O2/c1-19-18-24(12-17-27(19)23-10-15-26(29-3)16-11-23)22-6-4-20(5-7-22)21-8-13-25(28-2)14-9-21/h6,8-18,20H,4-5,7H2,1-3H3. The second-order valence-corrected chi connectivity index (χ2v) is 7.73. The Morgan fingerprint density at radius 1 is 0.759 bits per heavy atom. The van der Waals surface area contributed by atoms with Crippen molar-refractivity contribution in [2.45, 2.75) is 32.1 Å². The molecule has 0 heterocycles. The molecule has 0 saturated carbocycles. The first-order valence-electron chi connectivity index (χ1n) is 10.3. The molecule has 1 aliphatic carbocycles. The second-order valence-electron chi connectivity index (χ2n) is 7.73. The van der Waals surface area contributed by atoms with Crippen molar-refractivity contribution >= 4 is 5.57 Å². The Kier molecular flexibility index (Phi) is 5.71. The molecular formula is C27H28O2.